The smallest absolute Gasteiger partial charge is 0.233 e. The monoisotopic (exact) mass is 256 g/mol. The molecule has 18 heavy (non-hydrogen) atoms. The Morgan fingerprint density at radius 1 is 1.44 bits per heavy atom. The number of rotatable bonds is 3. The molecule has 1 rings (SSSR count). The first-order valence-corrected chi connectivity index (χ1v) is 5.99. The van der Waals surface area contributed by atoms with E-state index in [1.54, 1.807) is 11.8 Å². The van der Waals surface area contributed by atoms with E-state index in [0.29, 0.717) is 13.1 Å². The van der Waals surface area contributed by atoms with E-state index >= 15 is 0 Å². The normalized spacial score (nSPS) is 19.4. The number of hydrogen-bond donors (Lipinski definition) is 3. The largest absolute Gasteiger partial charge is 0.409 e. The predicted octanol–water partition coefficient (Wildman–Crippen LogP) is -0.504. The average molecular weight is 256 g/mol. The summed E-state index contributed by atoms with van der Waals surface area (Å²) in [7, 11) is 0. The van der Waals surface area contributed by atoms with E-state index in [1.807, 2.05) is 0 Å². The quantitative estimate of drug-likeness (QED) is 0.274. The molecule has 2 amide bonds. The number of hydrogen-bond acceptors (Lipinski definition) is 4. The van der Waals surface area contributed by atoms with Gasteiger partial charge in [-0.3, -0.25) is 9.59 Å². The fourth-order valence-electron chi connectivity index (χ4n) is 2.02. The highest BCUT2D eigenvalue weighted by molar-refractivity contribution is 6.01. The number of carbonyl (C=O) groups excluding carboxylic acids is 2. The molecule has 1 fully saturated rings. The van der Waals surface area contributed by atoms with Crippen molar-refractivity contribution in [3.63, 3.8) is 0 Å². The summed E-state index contributed by atoms with van der Waals surface area (Å²) >= 11 is 0. The number of piperidine rings is 1. The molecule has 102 valence electrons. The van der Waals surface area contributed by atoms with Crippen LogP contribution in [0.15, 0.2) is 5.16 Å². The van der Waals surface area contributed by atoms with Crippen molar-refractivity contribution < 1.29 is 14.8 Å². The van der Waals surface area contributed by atoms with E-state index in [2.05, 4.69) is 10.5 Å². The maximum Gasteiger partial charge on any atom is 0.233 e. The van der Waals surface area contributed by atoms with Gasteiger partial charge >= 0.3 is 0 Å². The minimum Gasteiger partial charge on any atom is -0.409 e. The number of likely N-dealkylation sites (tertiary alicyclic amines) is 1. The zero-order chi connectivity index (χ0) is 13.7. The lowest BCUT2D eigenvalue weighted by molar-refractivity contribution is -0.134. The highest BCUT2D eigenvalue weighted by Gasteiger charge is 2.28. The van der Waals surface area contributed by atoms with E-state index in [9.17, 15) is 9.59 Å². The van der Waals surface area contributed by atoms with Gasteiger partial charge in [0, 0.05) is 26.1 Å². The first-order valence-electron chi connectivity index (χ1n) is 5.99. The van der Waals surface area contributed by atoms with Crippen LogP contribution in [0.25, 0.3) is 0 Å². The molecule has 4 N–H and O–H groups in total. The molecule has 0 bridgehead atoms. The van der Waals surface area contributed by atoms with Crippen molar-refractivity contribution in [3.05, 3.63) is 0 Å². The summed E-state index contributed by atoms with van der Waals surface area (Å²) in [4.78, 5) is 24.6. The first-order chi connectivity index (χ1) is 8.45. The molecule has 1 atom stereocenters. The maximum absolute atomic E-state index is 12.0. The molecule has 1 aliphatic rings. The zero-order valence-corrected chi connectivity index (χ0v) is 10.7. The second-order valence-electron chi connectivity index (χ2n) is 4.55. The lowest BCUT2D eigenvalue weighted by atomic mass is 10.0. The van der Waals surface area contributed by atoms with Crippen molar-refractivity contribution in [2.45, 2.75) is 32.7 Å². The first kappa shape index (κ1) is 14.3. The van der Waals surface area contributed by atoms with Crippen molar-refractivity contribution in [1.82, 2.24) is 10.2 Å². The Morgan fingerprint density at radius 3 is 2.44 bits per heavy atom. The second kappa shape index (κ2) is 6.23. The lowest BCUT2D eigenvalue weighted by Gasteiger charge is -2.33. The Hall–Kier alpha value is -1.79. The van der Waals surface area contributed by atoms with Crippen molar-refractivity contribution in [2.24, 2.45) is 16.8 Å². The second-order valence-corrected chi connectivity index (χ2v) is 4.55. The van der Waals surface area contributed by atoms with Crippen molar-refractivity contribution >= 4 is 17.6 Å². The highest BCUT2D eigenvalue weighted by atomic mass is 16.4. The van der Waals surface area contributed by atoms with Gasteiger partial charge in [0.05, 0.1) is 5.92 Å². The lowest BCUT2D eigenvalue weighted by Crippen LogP contribution is -2.49. The molecule has 7 heteroatoms. The van der Waals surface area contributed by atoms with Crippen LogP contribution in [0, 0.1) is 5.92 Å². The van der Waals surface area contributed by atoms with E-state index < -0.39 is 5.92 Å². The van der Waals surface area contributed by atoms with Crippen LogP contribution in [0.1, 0.15) is 26.7 Å². The van der Waals surface area contributed by atoms with Crippen LogP contribution in [0.3, 0.4) is 0 Å². The molecule has 1 heterocycles. The van der Waals surface area contributed by atoms with E-state index in [0.717, 1.165) is 12.8 Å². The van der Waals surface area contributed by atoms with Crippen molar-refractivity contribution in [1.29, 1.82) is 0 Å². The number of oxime groups is 1. The van der Waals surface area contributed by atoms with Crippen LogP contribution in [-0.4, -0.2) is 46.9 Å². The van der Waals surface area contributed by atoms with Gasteiger partial charge in [0.25, 0.3) is 0 Å². The molecule has 0 radical (unpaired) electrons. The standard InChI is InChI=1S/C11H20N4O3/c1-7(10(12)14-18)11(17)15-5-3-9(4-6-15)13-8(2)16/h7,9,18H,3-6H2,1-2H3,(H2,12,14)(H,13,16). The molecule has 0 saturated carbocycles. The van der Waals surface area contributed by atoms with Gasteiger partial charge in [0.2, 0.25) is 11.8 Å². The Labute approximate surface area is 106 Å². The number of amides is 2. The molecule has 1 saturated heterocycles. The number of amidine groups is 1. The molecule has 1 aliphatic heterocycles. The predicted molar refractivity (Wildman–Crippen MR) is 66.0 cm³/mol. The average Bonchev–Trinajstić information content (AvgIpc) is 2.36. The summed E-state index contributed by atoms with van der Waals surface area (Å²) in [6.07, 6.45) is 1.46. The topological polar surface area (TPSA) is 108 Å². The van der Waals surface area contributed by atoms with Gasteiger partial charge in [-0.15, -0.1) is 0 Å². The van der Waals surface area contributed by atoms with Crippen LogP contribution in [0.5, 0.6) is 0 Å². The Morgan fingerprint density at radius 2 is 2.00 bits per heavy atom. The Kier molecular flexibility index (Phi) is 4.94. The third kappa shape index (κ3) is 3.61. The van der Waals surface area contributed by atoms with Gasteiger partial charge in [-0.1, -0.05) is 5.16 Å². The third-order valence-corrected chi connectivity index (χ3v) is 3.14. The minimum atomic E-state index is -0.618. The van der Waals surface area contributed by atoms with Crippen molar-refractivity contribution in [3.8, 4) is 0 Å². The van der Waals surface area contributed by atoms with Gasteiger partial charge in [-0.25, -0.2) is 0 Å². The number of nitrogens with one attached hydrogen (secondary N) is 1. The van der Waals surface area contributed by atoms with E-state index in [4.69, 9.17) is 10.9 Å². The summed E-state index contributed by atoms with van der Waals surface area (Å²) < 4.78 is 0. The van der Waals surface area contributed by atoms with Gasteiger partial charge < -0.3 is 21.2 Å². The zero-order valence-electron chi connectivity index (χ0n) is 10.7. The number of nitrogens with zero attached hydrogens (tertiary/aromatic N) is 2. The van der Waals surface area contributed by atoms with Crippen LogP contribution in [-0.2, 0) is 9.59 Å². The Bertz CT molecular complexity index is 348. The maximum atomic E-state index is 12.0. The summed E-state index contributed by atoms with van der Waals surface area (Å²) in [5, 5.41) is 14.2. The molecular formula is C11H20N4O3. The Balaban J connectivity index is 2.47. The molecule has 0 aromatic heterocycles. The summed E-state index contributed by atoms with van der Waals surface area (Å²) in [6.45, 7) is 4.25. The van der Waals surface area contributed by atoms with Gasteiger partial charge in [-0.2, -0.15) is 0 Å². The number of carbonyl (C=O) groups is 2. The molecule has 0 spiro atoms. The highest BCUT2D eigenvalue weighted by Crippen LogP contribution is 2.13. The summed E-state index contributed by atoms with van der Waals surface area (Å²) in [6, 6.07) is 0.130. The number of nitrogens with two attached hydrogens (primary N) is 1. The SMILES string of the molecule is CC(=O)NC1CCN(C(=O)C(C)C(N)=NO)CC1. The minimum absolute atomic E-state index is 0.0511. The molecule has 0 aromatic carbocycles. The summed E-state index contributed by atoms with van der Waals surface area (Å²) in [5.41, 5.74) is 5.41. The van der Waals surface area contributed by atoms with E-state index in [-0.39, 0.29) is 23.7 Å². The van der Waals surface area contributed by atoms with Crippen LogP contribution >= 0.6 is 0 Å². The van der Waals surface area contributed by atoms with Crippen LogP contribution < -0.4 is 11.1 Å². The third-order valence-electron chi connectivity index (χ3n) is 3.14. The fraction of sp³-hybridized carbons (Fsp3) is 0.727. The molecule has 0 aliphatic carbocycles. The van der Waals surface area contributed by atoms with Crippen LogP contribution in [0.2, 0.25) is 0 Å². The summed E-state index contributed by atoms with van der Waals surface area (Å²) in [5.74, 6) is -0.896. The molecular weight excluding hydrogens is 236 g/mol. The van der Waals surface area contributed by atoms with E-state index in [1.165, 1.54) is 6.92 Å². The molecule has 7 nitrogen and oxygen atoms in total. The van der Waals surface area contributed by atoms with Crippen molar-refractivity contribution in [2.75, 3.05) is 13.1 Å². The van der Waals surface area contributed by atoms with Gasteiger partial charge in [0.1, 0.15) is 0 Å². The fourth-order valence-corrected chi connectivity index (χ4v) is 2.02. The molecule has 1 unspecified atom stereocenters. The molecule has 0 aromatic rings. The van der Waals surface area contributed by atoms with Gasteiger partial charge in [0.15, 0.2) is 5.84 Å². The van der Waals surface area contributed by atoms with Crippen LogP contribution in [0.4, 0.5) is 0 Å². The van der Waals surface area contributed by atoms with Gasteiger partial charge in [-0.05, 0) is 19.8 Å².